The number of hydrogen-bond donors (Lipinski definition) is 2. The zero-order chi connectivity index (χ0) is 22.9. The van der Waals surface area contributed by atoms with Crippen LogP contribution in [-0.4, -0.2) is 49.2 Å². The first-order chi connectivity index (χ1) is 15.5. The Morgan fingerprint density at radius 2 is 1.53 bits per heavy atom. The zero-order valence-corrected chi connectivity index (χ0v) is 19.4. The smallest absolute Gasteiger partial charge is 0.321 e. The third-order valence-electron chi connectivity index (χ3n) is 6.63. The van der Waals surface area contributed by atoms with Crippen molar-refractivity contribution in [3.63, 3.8) is 0 Å². The van der Waals surface area contributed by atoms with E-state index in [1.165, 1.54) is 86.7 Å². The maximum Gasteiger partial charge on any atom is 0.321 e. The van der Waals surface area contributed by atoms with Gasteiger partial charge in [-0.15, -0.1) is 0 Å². The standard InChI is InChI=1S/C12H23N.C11H12N2O5S/c1-3-7-11(8-4-1)13-12-9-5-2-6-10-12;14-11(15)9-5-3-7-12(9)19(18)10-6-2-1-4-8(10)13(16)17/h11-13H,1-10H2;1-2,4,6,9H,3,5,7H2,(H,14,15)/t;9-,19?/m.0/s1. The van der Waals surface area contributed by atoms with E-state index in [-0.39, 0.29) is 10.6 Å². The van der Waals surface area contributed by atoms with Crippen LogP contribution in [0, 0.1) is 10.1 Å². The number of benzene rings is 1. The highest BCUT2D eigenvalue weighted by molar-refractivity contribution is 7.82. The second-order valence-electron chi connectivity index (χ2n) is 8.95. The Balaban J connectivity index is 0.000000193. The average Bonchev–Trinajstić information content (AvgIpc) is 3.31. The van der Waals surface area contributed by atoms with Crippen molar-refractivity contribution in [3.05, 3.63) is 34.4 Å². The van der Waals surface area contributed by atoms with Crippen LogP contribution in [-0.2, 0) is 15.8 Å². The Bertz CT molecular complexity index is 778. The molecule has 1 heterocycles. The summed E-state index contributed by atoms with van der Waals surface area (Å²) in [6, 6.07) is 6.59. The van der Waals surface area contributed by atoms with Crippen LogP contribution in [0.2, 0.25) is 0 Å². The summed E-state index contributed by atoms with van der Waals surface area (Å²) in [5, 5.41) is 23.8. The van der Waals surface area contributed by atoms with Crippen LogP contribution in [0.15, 0.2) is 29.2 Å². The molecule has 0 spiro atoms. The molecule has 1 aromatic rings. The van der Waals surface area contributed by atoms with Crippen molar-refractivity contribution in [2.24, 2.45) is 0 Å². The first-order valence-corrected chi connectivity index (χ1v) is 13.0. The lowest BCUT2D eigenvalue weighted by Gasteiger charge is -2.30. The van der Waals surface area contributed by atoms with Gasteiger partial charge in [0.05, 0.1) is 4.92 Å². The van der Waals surface area contributed by atoms with Crippen molar-refractivity contribution in [3.8, 4) is 0 Å². The highest BCUT2D eigenvalue weighted by atomic mass is 32.2. The summed E-state index contributed by atoms with van der Waals surface area (Å²) in [7, 11) is -1.83. The number of nitro benzene ring substituents is 1. The van der Waals surface area contributed by atoms with Crippen molar-refractivity contribution in [2.75, 3.05) is 6.54 Å². The van der Waals surface area contributed by atoms with Crippen molar-refractivity contribution in [1.82, 2.24) is 9.62 Å². The molecule has 1 aliphatic heterocycles. The number of para-hydroxylation sites is 1. The molecule has 4 rings (SSSR count). The number of carbonyl (C=O) groups is 1. The highest BCUT2D eigenvalue weighted by Crippen LogP contribution is 2.28. The third kappa shape index (κ3) is 6.83. The molecule has 0 radical (unpaired) electrons. The van der Waals surface area contributed by atoms with Gasteiger partial charge in [-0.2, -0.15) is 0 Å². The fourth-order valence-electron chi connectivity index (χ4n) is 4.94. The predicted octanol–water partition coefficient (Wildman–Crippen LogP) is 4.41. The number of carboxylic acids is 1. The molecule has 0 bridgehead atoms. The first kappa shape index (κ1) is 24.8. The molecule has 8 nitrogen and oxygen atoms in total. The first-order valence-electron chi connectivity index (χ1n) is 11.9. The minimum absolute atomic E-state index is 0.0423. The summed E-state index contributed by atoms with van der Waals surface area (Å²) < 4.78 is 13.7. The second kappa shape index (κ2) is 12.4. The molecular weight excluding hydrogens is 430 g/mol. The Labute approximate surface area is 192 Å². The molecule has 1 unspecified atom stereocenters. The van der Waals surface area contributed by atoms with Crippen molar-refractivity contribution in [1.29, 1.82) is 0 Å². The second-order valence-corrected chi connectivity index (χ2v) is 10.4. The van der Waals surface area contributed by atoms with E-state index in [9.17, 15) is 19.1 Å². The number of nitrogens with zero attached hydrogens (tertiary/aromatic N) is 2. The van der Waals surface area contributed by atoms with Gasteiger partial charge in [0, 0.05) is 24.7 Å². The summed E-state index contributed by atoms with van der Waals surface area (Å²) >= 11 is 0. The Hall–Kier alpha value is -1.84. The number of nitrogens with one attached hydrogen (secondary N) is 1. The van der Waals surface area contributed by atoms with Gasteiger partial charge >= 0.3 is 5.97 Å². The van der Waals surface area contributed by atoms with E-state index >= 15 is 0 Å². The summed E-state index contributed by atoms with van der Waals surface area (Å²) in [5.41, 5.74) is -0.253. The largest absolute Gasteiger partial charge is 0.480 e. The summed E-state index contributed by atoms with van der Waals surface area (Å²) in [5.74, 6) is -1.05. The molecule has 0 aromatic heterocycles. The molecule has 3 fully saturated rings. The quantitative estimate of drug-likeness (QED) is 0.475. The third-order valence-corrected chi connectivity index (χ3v) is 8.22. The number of nitro groups is 1. The maximum absolute atomic E-state index is 12.4. The average molecular weight is 466 g/mol. The minimum Gasteiger partial charge on any atom is -0.480 e. The topological polar surface area (TPSA) is 113 Å². The molecule has 32 heavy (non-hydrogen) atoms. The van der Waals surface area contributed by atoms with Crippen molar-refractivity contribution < 1.29 is 19.0 Å². The van der Waals surface area contributed by atoms with Crippen LogP contribution in [0.5, 0.6) is 0 Å². The molecule has 1 saturated heterocycles. The van der Waals surface area contributed by atoms with E-state index in [1.807, 2.05) is 0 Å². The van der Waals surface area contributed by atoms with E-state index in [4.69, 9.17) is 5.11 Å². The molecule has 9 heteroatoms. The van der Waals surface area contributed by atoms with Crippen molar-refractivity contribution >= 4 is 22.6 Å². The predicted molar refractivity (Wildman–Crippen MR) is 124 cm³/mol. The van der Waals surface area contributed by atoms with E-state index < -0.39 is 27.9 Å². The van der Waals surface area contributed by atoms with Crippen molar-refractivity contribution in [2.45, 2.75) is 100 Å². The maximum atomic E-state index is 12.4. The van der Waals surface area contributed by atoms with E-state index in [0.717, 1.165) is 12.1 Å². The molecule has 0 amide bonds. The molecule has 2 aliphatic carbocycles. The van der Waals surface area contributed by atoms with Crippen LogP contribution in [0.4, 0.5) is 5.69 Å². The number of carboxylic acid groups (broad SMARTS) is 1. The minimum atomic E-state index is -1.83. The van der Waals surface area contributed by atoms with Gasteiger partial charge in [-0.05, 0) is 44.6 Å². The van der Waals surface area contributed by atoms with Gasteiger partial charge in [0.25, 0.3) is 5.69 Å². The zero-order valence-electron chi connectivity index (χ0n) is 18.6. The van der Waals surface area contributed by atoms with Crippen LogP contribution < -0.4 is 5.32 Å². The van der Waals surface area contributed by atoms with Crippen LogP contribution in [0.3, 0.4) is 0 Å². The molecule has 1 aromatic carbocycles. The van der Waals surface area contributed by atoms with Crippen LogP contribution in [0.1, 0.15) is 77.0 Å². The molecule has 3 aliphatic rings. The number of rotatable bonds is 6. The normalized spacial score (nSPS) is 23.8. The highest BCUT2D eigenvalue weighted by Gasteiger charge is 2.36. The van der Waals surface area contributed by atoms with E-state index in [0.29, 0.717) is 19.4 Å². The van der Waals surface area contributed by atoms with Crippen LogP contribution in [0.25, 0.3) is 0 Å². The molecule has 2 atom stereocenters. The lowest BCUT2D eigenvalue weighted by molar-refractivity contribution is -0.387. The molecule has 178 valence electrons. The van der Waals surface area contributed by atoms with Gasteiger partial charge in [0.15, 0.2) is 0 Å². The summed E-state index contributed by atoms with van der Waals surface area (Å²) in [4.78, 5) is 21.4. The van der Waals surface area contributed by atoms with Gasteiger partial charge in [-0.1, -0.05) is 50.7 Å². The monoisotopic (exact) mass is 465 g/mol. The SMILES string of the molecule is C1CCC(NC2CCCCC2)CC1.O=C(O)[C@@H]1CCCN1S(=O)c1ccccc1[N+](=O)[O-]. The Kier molecular flexibility index (Phi) is 9.62. The lowest BCUT2D eigenvalue weighted by Crippen LogP contribution is -2.40. The fourth-order valence-corrected chi connectivity index (χ4v) is 6.43. The van der Waals surface area contributed by atoms with Gasteiger partial charge in [0.2, 0.25) is 0 Å². The molecule has 2 saturated carbocycles. The summed E-state index contributed by atoms with van der Waals surface area (Å²) in [6.45, 7) is 0.357. The van der Waals surface area contributed by atoms with Gasteiger partial charge in [-0.25, -0.2) is 8.51 Å². The Morgan fingerprint density at radius 1 is 0.969 bits per heavy atom. The van der Waals surface area contributed by atoms with E-state index in [1.54, 1.807) is 6.07 Å². The molecular formula is C23H35N3O5S. The van der Waals surface area contributed by atoms with Gasteiger partial charge < -0.3 is 10.4 Å². The summed E-state index contributed by atoms with van der Waals surface area (Å²) in [6.07, 6.45) is 15.6. The molecule has 2 N–H and O–H groups in total. The number of aliphatic carboxylic acids is 1. The fraction of sp³-hybridized carbons (Fsp3) is 0.696. The Morgan fingerprint density at radius 3 is 2.06 bits per heavy atom. The van der Waals surface area contributed by atoms with Crippen LogP contribution >= 0.6 is 0 Å². The van der Waals surface area contributed by atoms with Gasteiger partial charge in [-0.3, -0.25) is 14.9 Å². The lowest BCUT2D eigenvalue weighted by atomic mass is 9.91. The number of hydrogen-bond acceptors (Lipinski definition) is 5. The van der Waals surface area contributed by atoms with Gasteiger partial charge in [0.1, 0.15) is 21.9 Å². The van der Waals surface area contributed by atoms with E-state index in [2.05, 4.69) is 5.32 Å².